The van der Waals surface area contributed by atoms with Gasteiger partial charge < -0.3 is 14.8 Å². The minimum absolute atomic E-state index is 0.0313. The van der Waals surface area contributed by atoms with Crippen LogP contribution in [0.3, 0.4) is 0 Å². The Morgan fingerprint density at radius 2 is 1.83 bits per heavy atom. The maximum atomic E-state index is 12.5. The summed E-state index contributed by atoms with van der Waals surface area (Å²) in [6.07, 6.45) is 2.00. The molecule has 0 saturated carbocycles. The third kappa shape index (κ3) is 6.50. The van der Waals surface area contributed by atoms with Crippen molar-refractivity contribution in [2.24, 2.45) is 0 Å². The van der Waals surface area contributed by atoms with Crippen molar-refractivity contribution in [2.75, 3.05) is 24.5 Å². The van der Waals surface area contributed by atoms with Gasteiger partial charge in [0, 0.05) is 23.2 Å². The number of ether oxygens (including phenoxy) is 2. The zero-order valence-electron chi connectivity index (χ0n) is 15.4. The zero-order valence-corrected chi connectivity index (χ0v) is 17.7. The molecule has 0 aromatic heterocycles. The van der Waals surface area contributed by atoms with E-state index < -0.39 is 10.0 Å². The van der Waals surface area contributed by atoms with E-state index >= 15 is 0 Å². The van der Waals surface area contributed by atoms with Gasteiger partial charge in [0.15, 0.2) is 6.61 Å². The quantitative estimate of drug-likeness (QED) is 0.631. The fourth-order valence-electron chi connectivity index (χ4n) is 2.77. The second-order valence-electron chi connectivity index (χ2n) is 6.46. The summed E-state index contributed by atoms with van der Waals surface area (Å²) in [6, 6.07) is 10.1. The average Bonchev–Trinajstić information content (AvgIpc) is 3.17. The first-order valence-corrected chi connectivity index (χ1v) is 11.2. The molecule has 10 heteroatoms. The van der Waals surface area contributed by atoms with Crippen LogP contribution in [0.1, 0.15) is 12.8 Å². The number of sulfonamides is 1. The lowest BCUT2D eigenvalue weighted by Gasteiger charge is -2.12. The molecule has 1 amide bonds. The minimum Gasteiger partial charge on any atom is -0.484 e. The highest BCUT2D eigenvalue weighted by atomic mass is 35.5. The van der Waals surface area contributed by atoms with E-state index in [2.05, 4.69) is 10.0 Å². The standard InChI is InChI=1S/C19H20Cl2N2O5S/c20-13-8-14(21)10-15(9-13)23-29(25,26)18-5-3-16(4-6-18)28-12-19(24)22-11-17-2-1-7-27-17/h3-6,8-10,17,23H,1-2,7,11-12H2,(H,22,24)/t17-/m0/s1. The van der Waals surface area contributed by atoms with Crippen molar-refractivity contribution in [2.45, 2.75) is 23.8 Å². The highest BCUT2D eigenvalue weighted by Crippen LogP contribution is 2.25. The van der Waals surface area contributed by atoms with Crippen molar-refractivity contribution in [3.63, 3.8) is 0 Å². The van der Waals surface area contributed by atoms with Gasteiger partial charge >= 0.3 is 0 Å². The fraction of sp³-hybridized carbons (Fsp3) is 0.316. The second kappa shape index (κ2) is 9.67. The Bertz CT molecular complexity index is 941. The van der Waals surface area contributed by atoms with Gasteiger partial charge in [-0.3, -0.25) is 9.52 Å². The first-order chi connectivity index (χ1) is 13.8. The molecule has 1 aliphatic heterocycles. The Morgan fingerprint density at radius 1 is 1.14 bits per heavy atom. The van der Waals surface area contributed by atoms with Gasteiger partial charge in [0.25, 0.3) is 15.9 Å². The van der Waals surface area contributed by atoms with E-state index in [-0.39, 0.29) is 29.2 Å². The molecular formula is C19H20Cl2N2O5S. The van der Waals surface area contributed by atoms with Gasteiger partial charge in [-0.15, -0.1) is 0 Å². The van der Waals surface area contributed by atoms with Crippen LogP contribution in [0.25, 0.3) is 0 Å². The van der Waals surface area contributed by atoms with Gasteiger partial charge in [-0.25, -0.2) is 8.42 Å². The lowest BCUT2D eigenvalue weighted by atomic mass is 10.2. The second-order valence-corrected chi connectivity index (χ2v) is 9.02. The number of halogens is 2. The number of amides is 1. The summed E-state index contributed by atoms with van der Waals surface area (Å²) in [5.41, 5.74) is 0.255. The first-order valence-electron chi connectivity index (χ1n) is 8.92. The number of benzene rings is 2. The van der Waals surface area contributed by atoms with Crippen molar-refractivity contribution >= 4 is 44.8 Å². The van der Waals surface area contributed by atoms with Gasteiger partial charge in [0.1, 0.15) is 5.75 Å². The molecule has 0 spiro atoms. The molecule has 1 aliphatic rings. The summed E-state index contributed by atoms with van der Waals surface area (Å²) in [7, 11) is -3.83. The zero-order chi connectivity index (χ0) is 20.9. The average molecular weight is 459 g/mol. The fourth-order valence-corrected chi connectivity index (χ4v) is 4.34. The predicted octanol–water partition coefficient (Wildman–Crippen LogP) is 3.47. The molecule has 2 aromatic rings. The van der Waals surface area contributed by atoms with Crippen LogP contribution in [-0.4, -0.2) is 40.2 Å². The topological polar surface area (TPSA) is 93.7 Å². The number of carbonyl (C=O) groups excluding carboxylic acids is 1. The molecule has 29 heavy (non-hydrogen) atoms. The van der Waals surface area contributed by atoms with Crippen LogP contribution >= 0.6 is 23.2 Å². The van der Waals surface area contributed by atoms with Crippen molar-refractivity contribution in [1.82, 2.24) is 5.32 Å². The van der Waals surface area contributed by atoms with E-state index in [4.69, 9.17) is 32.7 Å². The lowest BCUT2D eigenvalue weighted by Crippen LogP contribution is -2.35. The van der Waals surface area contributed by atoms with Crippen LogP contribution in [-0.2, 0) is 19.6 Å². The Labute approximate surface area is 179 Å². The van der Waals surface area contributed by atoms with E-state index in [0.717, 1.165) is 19.4 Å². The van der Waals surface area contributed by atoms with E-state index in [0.29, 0.717) is 22.3 Å². The maximum absolute atomic E-state index is 12.5. The third-order valence-corrected chi connectivity index (χ3v) is 6.00. The van der Waals surface area contributed by atoms with Crippen molar-refractivity contribution in [1.29, 1.82) is 0 Å². The summed E-state index contributed by atoms with van der Waals surface area (Å²) in [5.74, 6) is 0.110. The molecule has 1 fully saturated rings. The Kier molecular flexibility index (Phi) is 7.23. The molecular weight excluding hydrogens is 439 g/mol. The molecule has 0 radical (unpaired) electrons. The Morgan fingerprint density at radius 3 is 2.45 bits per heavy atom. The molecule has 0 bridgehead atoms. The Hall–Kier alpha value is -2.00. The normalized spacial score (nSPS) is 16.4. The van der Waals surface area contributed by atoms with Crippen molar-refractivity contribution < 1.29 is 22.7 Å². The van der Waals surface area contributed by atoms with E-state index in [1.165, 1.54) is 42.5 Å². The van der Waals surface area contributed by atoms with E-state index in [1.54, 1.807) is 0 Å². The maximum Gasteiger partial charge on any atom is 0.261 e. The molecule has 0 aliphatic carbocycles. The minimum atomic E-state index is -3.83. The number of rotatable bonds is 8. The summed E-state index contributed by atoms with van der Waals surface area (Å²) in [5, 5.41) is 3.38. The molecule has 0 unspecified atom stereocenters. The molecule has 1 saturated heterocycles. The van der Waals surface area contributed by atoms with Crippen LogP contribution in [0.15, 0.2) is 47.4 Å². The van der Waals surface area contributed by atoms with Crippen LogP contribution in [0.2, 0.25) is 10.0 Å². The van der Waals surface area contributed by atoms with Crippen LogP contribution in [0.5, 0.6) is 5.75 Å². The van der Waals surface area contributed by atoms with Gasteiger partial charge in [-0.05, 0) is 55.3 Å². The predicted molar refractivity (Wildman–Crippen MR) is 111 cm³/mol. The molecule has 2 aromatic carbocycles. The molecule has 1 atom stereocenters. The van der Waals surface area contributed by atoms with E-state index in [9.17, 15) is 13.2 Å². The highest BCUT2D eigenvalue weighted by molar-refractivity contribution is 7.92. The van der Waals surface area contributed by atoms with Gasteiger partial charge in [-0.1, -0.05) is 23.2 Å². The number of hydrogen-bond donors (Lipinski definition) is 2. The number of nitrogens with one attached hydrogen (secondary N) is 2. The van der Waals surface area contributed by atoms with Crippen LogP contribution < -0.4 is 14.8 Å². The molecule has 1 heterocycles. The smallest absolute Gasteiger partial charge is 0.261 e. The summed E-state index contributed by atoms with van der Waals surface area (Å²) in [6.45, 7) is 1.02. The van der Waals surface area contributed by atoms with Crippen molar-refractivity contribution in [3.8, 4) is 5.75 Å². The molecule has 2 N–H and O–H groups in total. The van der Waals surface area contributed by atoms with Gasteiger partial charge in [0.2, 0.25) is 0 Å². The summed E-state index contributed by atoms with van der Waals surface area (Å²) < 4.78 is 38.2. The van der Waals surface area contributed by atoms with Crippen LogP contribution in [0, 0.1) is 0 Å². The molecule has 3 rings (SSSR count). The number of carbonyl (C=O) groups is 1. The largest absolute Gasteiger partial charge is 0.484 e. The lowest BCUT2D eigenvalue weighted by molar-refractivity contribution is -0.123. The van der Waals surface area contributed by atoms with Crippen molar-refractivity contribution in [3.05, 3.63) is 52.5 Å². The SMILES string of the molecule is O=C(COc1ccc(S(=O)(=O)Nc2cc(Cl)cc(Cl)c2)cc1)NC[C@@H]1CCCO1. The monoisotopic (exact) mass is 458 g/mol. The first kappa shape index (κ1) is 21.7. The third-order valence-electron chi connectivity index (χ3n) is 4.17. The number of hydrogen-bond acceptors (Lipinski definition) is 5. The van der Waals surface area contributed by atoms with E-state index in [1.807, 2.05) is 0 Å². The summed E-state index contributed by atoms with van der Waals surface area (Å²) >= 11 is 11.8. The van der Waals surface area contributed by atoms with Gasteiger partial charge in [-0.2, -0.15) is 0 Å². The molecule has 7 nitrogen and oxygen atoms in total. The highest BCUT2D eigenvalue weighted by Gasteiger charge is 2.17. The molecule has 156 valence electrons. The van der Waals surface area contributed by atoms with Crippen LogP contribution in [0.4, 0.5) is 5.69 Å². The Balaban J connectivity index is 1.53. The number of anilines is 1. The van der Waals surface area contributed by atoms with Gasteiger partial charge in [0.05, 0.1) is 16.7 Å². The summed E-state index contributed by atoms with van der Waals surface area (Å²) in [4.78, 5) is 11.9.